The molecule has 0 bridgehead atoms. The molecule has 1 atom stereocenters. The summed E-state index contributed by atoms with van der Waals surface area (Å²) in [6.45, 7) is 0.0480. The normalized spacial score (nSPS) is 17.7. The first-order valence-electron chi connectivity index (χ1n) is 6.82. The van der Waals surface area contributed by atoms with Crippen LogP contribution in [0, 0.1) is 10.1 Å². The van der Waals surface area contributed by atoms with Crippen LogP contribution in [0.5, 0.6) is 0 Å². The number of hydrogen-bond donors (Lipinski definition) is 1. The van der Waals surface area contributed by atoms with E-state index in [4.69, 9.17) is 5.11 Å². The lowest BCUT2D eigenvalue weighted by Gasteiger charge is -2.34. The summed E-state index contributed by atoms with van der Waals surface area (Å²) in [6, 6.07) is 1.67. The zero-order valence-electron chi connectivity index (χ0n) is 12.1. The van der Waals surface area contributed by atoms with Crippen molar-refractivity contribution in [3.05, 3.63) is 38.8 Å². The van der Waals surface area contributed by atoms with E-state index in [1.54, 1.807) is 11.8 Å². The number of nitrogens with zero attached hydrogens (tertiary/aromatic N) is 3. The van der Waals surface area contributed by atoms with Gasteiger partial charge in [-0.3, -0.25) is 29.1 Å². The van der Waals surface area contributed by atoms with Crippen LogP contribution in [-0.4, -0.2) is 55.5 Å². The highest BCUT2D eigenvalue weighted by molar-refractivity contribution is 7.99. The predicted molar refractivity (Wildman–Crippen MR) is 82.4 cm³/mol. The van der Waals surface area contributed by atoms with E-state index in [0.717, 1.165) is 22.9 Å². The fourth-order valence-electron chi connectivity index (χ4n) is 2.34. The highest BCUT2D eigenvalue weighted by Crippen LogP contribution is 2.19. The summed E-state index contributed by atoms with van der Waals surface area (Å²) in [5.74, 6) is -0.213. The number of carbonyl (C=O) groups excluding carboxylic acids is 1. The van der Waals surface area contributed by atoms with Gasteiger partial charge in [-0.25, -0.2) is 0 Å². The minimum atomic E-state index is -0.997. The summed E-state index contributed by atoms with van der Waals surface area (Å²) < 4.78 is 0.972. The summed E-state index contributed by atoms with van der Waals surface area (Å²) in [6.07, 6.45) is 0.855. The van der Waals surface area contributed by atoms with Crippen molar-refractivity contribution < 1.29 is 19.6 Å². The topological polar surface area (TPSA) is 123 Å². The molecule has 0 saturated carbocycles. The molecule has 0 aromatic carbocycles. The van der Waals surface area contributed by atoms with Gasteiger partial charge in [0.15, 0.2) is 0 Å². The third-order valence-corrected chi connectivity index (χ3v) is 4.53. The van der Waals surface area contributed by atoms with Crippen molar-refractivity contribution in [3.63, 3.8) is 0 Å². The molecule has 0 aliphatic carbocycles. The Bertz CT molecular complexity index is 689. The Labute approximate surface area is 135 Å². The van der Waals surface area contributed by atoms with E-state index in [-0.39, 0.29) is 18.7 Å². The van der Waals surface area contributed by atoms with Gasteiger partial charge in [0, 0.05) is 30.2 Å². The molecule has 23 heavy (non-hydrogen) atoms. The van der Waals surface area contributed by atoms with Gasteiger partial charge in [0.2, 0.25) is 5.91 Å². The number of aromatic nitrogens is 1. The average Bonchev–Trinajstić information content (AvgIpc) is 2.49. The minimum absolute atomic E-state index is 0.164. The molecule has 124 valence electrons. The lowest BCUT2D eigenvalue weighted by molar-refractivity contribution is -0.385. The van der Waals surface area contributed by atoms with Gasteiger partial charge in [0.05, 0.1) is 23.6 Å². The van der Waals surface area contributed by atoms with Gasteiger partial charge < -0.3 is 10.0 Å². The van der Waals surface area contributed by atoms with Crippen molar-refractivity contribution in [2.45, 2.75) is 19.0 Å². The number of carboxylic acid groups (broad SMARTS) is 1. The second-order valence-corrected chi connectivity index (χ2v) is 6.17. The van der Waals surface area contributed by atoms with Gasteiger partial charge in [-0.15, -0.1) is 0 Å². The maximum Gasteiger partial charge on any atom is 0.305 e. The Morgan fingerprint density at radius 3 is 2.83 bits per heavy atom. The number of nitro groups is 1. The van der Waals surface area contributed by atoms with E-state index >= 15 is 0 Å². The first-order chi connectivity index (χ1) is 10.9. The summed E-state index contributed by atoms with van der Waals surface area (Å²) in [5.41, 5.74) is -0.807. The molecule has 10 heteroatoms. The van der Waals surface area contributed by atoms with Gasteiger partial charge in [-0.05, 0) is 0 Å². The molecule has 1 saturated heterocycles. The van der Waals surface area contributed by atoms with E-state index in [9.17, 15) is 24.5 Å². The molecule has 1 aromatic heterocycles. The van der Waals surface area contributed by atoms with Gasteiger partial charge >= 0.3 is 5.97 Å². The molecule has 1 fully saturated rings. The summed E-state index contributed by atoms with van der Waals surface area (Å²) in [5, 5.41) is 19.7. The molecular formula is C13H15N3O6S. The number of hydrogen-bond acceptors (Lipinski definition) is 6. The number of thioether (sulfide) groups is 1. The van der Waals surface area contributed by atoms with E-state index in [2.05, 4.69) is 0 Å². The minimum Gasteiger partial charge on any atom is -0.481 e. The molecule has 2 heterocycles. The molecular weight excluding hydrogens is 326 g/mol. The summed E-state index contributed by atoms with van der Waals surface area (Å²) in [7, 11) is 0. The van der Waals surface area contributed by atoms with Crippen LogP contribution in [0.15, 0.2) is 23.1 Å². The maximum absolute atomic E-state index is 12.4. The van der Waals surface area contributed by atoms with E-state index in [1.165, 1.54) is 4.90 Å². The van der Waals surface area contributed by atoms with Crippen LogP contribution >= 0.6 is 11.8 Å². The zero-order valence-corrected chi connectivity index (χ0v) is 12.9. The Kier molecular flexibility index (Phi) is 5.37. The van der Waals surface area contributed by atoms with Crippen molar-refractivity contribution in [1.29, 1.82) is 0 Å². The number of pyridine rings is 1. The molecule has 1 aromatic rings. The predicted octanol–water partition coefficient (Wildman–Crippen LogP) is 0.175. The second-order valence-electron chi connectivity index (χ2n) is 5.02. The molecule has 1 N–H and O–H groups in total. The van der Waals surface area contributed by atoms with Crippen LogP contribution < -0.4 is 5.56 Å². The van der Waals surface area contributed by atoms with Gasteiger partial charge in [-0.2, -0.15) is 11.8 Å². The Morgan fingerprint density at radius 2 is 2.17 bits per heavy atom. The third-order valence-electron chi connectivity index (χ3n) is 3.44. The smallest absolute Gasteiger partial charge is 0.305 e. The molecule has 0 radical (unpaired) electrons. The lowest BCUT2D eigenvalue weighted by atomic mass is 10.2. The van der Waals surface area contributed by atoms with Gasteiger partial charge in [0.25, 0.3) is 11.2 Å². The maximum atomic E-state index is 12.4. The highest BCUT2D eigenvalue weighted by atomic mass is 32.2. The molecule has 9 nitrogen and oxygen atoms in total. The number of carbonyl (C=O) groups is 2. The van der Waals surface area contributed by atoms with Crippen LogP contribution in [0.25, 0.3) is 0 Å². The quantitative estimate of drug-likeness (QED) is 0.598. The molecule has 2 rings (SSSR count). The van der Waals surface area contributed by atoms with Crippen molar-refractivity contribution in [2.75, 3.05) is 18.1 Å². The van der Waals surface area contributed by atoms with Crippen LogP contribution in [0.1, 0.15) is 6.42 Å². The number of amides is 1. The largest absolute Gasteiger partial charge is 0.481 e. The molecule has 1 aliphatic rings. The fourth-order valence-corrected chi connectivity index (χ4v) is 3.40. The Morgan fingerprint density at radius 1 is 1.43 bits per heavy atom. The van der Waals surface area contributed by atoms with Crippen LogP contribution in [0.3, 0.4) is 0 Å². The standard InChI is InChI=1S/C13H15N3O6S/c17-11-2-1-9(16(21)22)6-14(11)7-12(18)15-3-4-23-8-10(15)5-13(19)20/h1-2,6,10H,3-5,7-8H2,(H,19,20). The summed E-state index contributed by atoms with van der Waals surface area (Å²) in [4.78, 5) is 46.6. The third kappa shape index (κ3) is 4.31. The van der Waals surface area contributed by atoms with Crippen molar-refractivity contribution in [2.24, 2.45) is 0 Å². The molecule has 0 spiro atoms. The van der Waals surface area contributed by atoms with E-state index in [1.807, 2.05) is 0 Å². The molecule has 1 unspecified atom stereocenters. The van der Waals surface area contributed by atoms with E-state index < -0.39 is 28.4 Å². The van der Waals surface area contributed by atoms with Crippen LogP contribution in [0.4, 0.5) is 5.69 Å². The first kappa shape index (κ1) is 17.0. The summed E-state index contributed by atoms with van der Waals surface area (Å²) >= 11 is 1.57. The SMILES string of the molecule is O=C(O)CC1CSCCN1C(=O)Cn1cc([N+](=O)[O-])ccc1=O. The van der Waals surface area contributed by atoms with Crippen LogP contribution in [0.2, 0.25) is 0 Å². The van der Waals surface area contributed by atoms with Gasteiger partial charge in [0.1, 0.15) is 6.54 Å². The number of rotatable bonds is 5. The van der Waals surface area contributed by atoms with Crippen molar-refractivity contribution in [1.82, 2.24) is 9.47 Å². The number of aliphatic carboxylic acids is 1. The van der Waals surface area contributed by atoms with Gasteiger partial charge in [-0.1, -0.05) is 0 Å². The molecule has 1 aliphatic heterocycles. The number of carboxylic acids is 1. The average molecular weight is 341 g/mol. The van der Waals surface area contributed by atoms with Crippen molar-refractivity contribution >= 4 is 29.3 Å². The molecule has 1 amide bonds. The lowest BCUT2D eigenvalue weighted by Crippen LogP contribution is -2.48. The first-order valence-corrected chi connectivity index (χ1v) is 7.98. The monoisotopic (exact) mass is 341 g/mol. The highest BCUT2D eigenvalue weighted by Gasteiger charge is 2.29. The van der Waals surface area contributed by atoms with Crippen LogP contribution in [-0.2, 0) is 16.1 Å². The van der Waals surface area contributed by atoms with E-state index in [0.29, 0.717) is 18.1 Å². The second kappa shape index (κ2) is 7.27. The Balaban J connectivity index is 2.17. The zero-order chi connectivity index (χ0) is 17.0. The van der Waals surface area contributed by atoms with Crippen molar-refractivity contribution in [3.8, 4) is 0 Å². The Hall–Kier alpha value is -2.36. The fraction of sp³-hybridized carbons (Fsp3) is 0.462.